The number of hydrogen-bond donors (Lipinski definition) is 2. The molecule has 6 heterocycles. The van der Waals surface area contributed by atoms with Crippen LogP contribution in [0.1, 0.15) is 54.4 Å². The minimum absolute atomic E-state index is 0.0918. The highest BCUT2D eigenvalue weighted by molar-refractivity contribution is 6.07. The van der Waals surface area contributed by atoms with Crippen LogP contribution in [0.4, 0.5) is 9.59 Å². The van der Waals surface area contributed by atoms with E-state index in [1.165, 1.54) is 9.80 Å². The van der Waals surface area contributed by atoms with Crippen molar-refractivity contribution in [3.8, 4) is 23.3 Å². The van der Waals surface area contributed by atoms with Crippen LogP contribution in [-0.2, 0) is 19.1 Å². The van der Waals surface area contributed by atoms with E-state index in [2.05, 4.69) is 9.97 Å². The molecule has 17 nitrogen and oxygen atoms in total. The Hall–Kier alpha value is -6.52. The van der Waals surface area contributed by atoms with Gasteiger partial charge in [0.25, 0.3) is 0 Å². The number of hydrogen-bond acceptors (Lipinski definition) is 13. The fraction of sp³-hybridized carbons (Fsp3) is 0.415. The van der Waals surface area contributed by atoms with E-state index in [9.17, 15) is 29.4 Å². The molecule has 2 fully saturated rings. The molecule has 2 saturated heterocycles. The Morgan fingerprint density at radius 1 is 0.655 bits per heavy atom. The van der Waals surface area contributed by atoms with E-state index in [4.69, 9.17) is 32.8 Å². The van der Waals surface area contributed by atoms with Crippen LogP contribution in [0.5, 0.6) is 23.3 Å². The summed E-state index contributed by atoms with van der Waals surface area (Å²) in [6.45, 7) is 10.8. The molecule has 306 valence electrons. The number of carbonyl (C=O) groups is 4. The molecule has 0 spiro atoms. The van der Waals surface area contributed by atoms with Gasteiger partial charge >= 0.3 is 24.1 Å². The van der Waals surface area contributed by atoms with Crippen molar-refractivity contribution in [2.75, 3.05) is 19.9 Å². The van der Waals surface area contributed by atoms with Crippen LogP contribution in [0, 0.1) is 0 Å². The quantitative estimate of drug-likeness (QED) is 0.185. The molecule has 0 unspecified atom stereocenters. The molecular formula is C41H44N4O13. The molecule has 17 heteroatoms. The Bertz CT molecular complexity index is 2380. The number of amides is 2. The fourth-order valence-corrected chi connectivity index (χ4v) is 7.06. The molecule has 5 aromatic rings. The Labute approximate surface area is 332 Å². The van der Waals surface area contributed by atoms with Crippen LogP contribution in [0.15, 0.2) is 65.5 Å². The van der Waals surface area contributed by atoms with E-state index in [-0.39, 0.29) is 32.7 Å². The first-order valence-corrected chi connectivity index (χ1v) is 18.7. The van der Waals surface area contributed by atoms with Crippen molar-refractivity contribution in [1.29, 1.82) is 0 Å². The van der Waals surface area contributed by atoms with Gasteiger partial charge in [-0.2, -0.15) is 0 Å². The highest BCUT2D eigenvalue weighted by Crippen LogP contribution is 2.42. The Morgan fingerprint density at radius 3 is 1.71 bits per heavy atom. The predicted molar refractivity (Wildman–Crippen MR) is 206 cm³/mol. The number of likely N-dealkylation sites (tertiary alicyclic amines) is 2. The molecular weight excluding hydrogens is 756 g/mol. The van der Waals surface area contributed by atoms with E-state index >= 15 is 0 Å². The molecule has 58 heavy (non-hydrogen) atoms. The second-order valence-corrected chi connectivity index (χ2v) is 16.0. The summed E-state index contributed by atoms with van der Waals surface area (Å²) in [5.41, 5.74) is -0.678. The maximum Gasteiger partial charge on any atom is 0.411 e. The number of carboxylic acid groups (broad SMARTS) is 2. The number of ether oxygens (including phenoxy) is 6. The Balaban J connectivity index is 0.000000177. The Morgan fingerprint density at radius 2 is 1.17 bits per heavy atom. The zero-order chi connectivity index (χ0) is 41.5. The lowest BCUT2D eigenvalue weighted by Gasteiger charge is -2.26. The van der Waals surface area contributed by atoms with Gasteiger partial charge in [0, 0.05) is 46.8 Å². The minimum Gasteiger partial charge on any atom is -0.480 e. The lowest BCUT2D eigenvalue weighted by molar-refractivity contribution is -0.142. The third-order valence-corrected chi connectivity index (χ3v) is 9.49. The molecule has 0 aliphatic carbocycles. The summed E-state index contributed by atoms with van der Waals surface area (Å²) >= 11 is 0. The molecule has 3 aromatic heterocycles. The molecule has 3 aliphatic rings. The van der Waals surface area contributed by atoms with Gasteiger partial charge in [-0.15, -0.1) is 0 Å². The van der Waals surface area contributed by atoms with Gasteiger partial charge in [0.15, 0.2) is 11.5 Å². The van der Waals surface area contributed by atoms with Crippen LogP contribution in [-0.4, -0.2) is 109 Å². The maximum absolute atomic E-state index is 12.5. The zero-order valence-corrected chi connectivity index (χ0v) is 32.8. The largest absolute Gasteiger partial charge is 0.480 e. The van der Waals surface area contributed by atoms with Gasteiger partial charge < -0.3 is 43.1 Å². The van der Waals surface area contributed by atoms with E-state index in [0.717, 1.165) is 32.5 Å². The number of nitrogens with zero attached hydrogens (tertiary/aromatic N) is 4. The number of carboxylic acids is 2. The van der Waals surface area contributed by atoms with Crippen LogP contribution in [0.3, 0.4) is 0 Å². The number of fused-ring (bicyclic) bond motifs is 6. The second-order valence-electron chi connectivity index (χ2n) is 16.0. The van der Waals surface area contributed by atoms with Crippen LogP contribution >= 0.6 is 0 Å². The lowest BCUT2D eigenvalue weighted by atomic mass is 10.1. The van der Waals surface area contributed by atoms with Crippen molar-refractivity contribution in [2.45, 2.75) is 89.9 Å². The first-order chi connectivity index (χ1) is 27.5. The van der Waals surface area contributed by atoms with Gasteiger partial charge in [-0.05, 0) is 89.4 Å². The molecule has 2 aromatic carbocycles. The third-order valence-electron chi connectivity index (χ3n) is 9.49. The average Bonchev–Trinajstić information content (AvgIpc) is 3.96. The number of furan rings is 1. The number of aliphatic carboxylic acids is 2. The molecule has 3 aliphatic heterocycles. The standard InChI is InChI=1S/C21H22N2O6.C20H22N2O7/c1-21(2,3)29-20(26)23-11-12(10-16(23)19(24)25)28-18-15-4-5-17-14(7-9-27-17)13(15)6-8-22-18;1-20(2,3)29-19(25)22-9-11(8-14(22)18(23)24)28-17-13-4-5-15-16(27-10-26-15)12(13)6-7-21-17/h4-9,12,16H,10-11H2,1-3H3,(H,24,25);4-7,11,14H,8-10H2,1-3H3,(H,23,24)/t12-,16+;11-,14+/m11/s1. The van der Waals surface area contributed by atoms with Gasteiger partial charge in [0.1, 0.15) is 41.1 Å². The number of rotatable bonds is 6. The third kappa shape index (κ3) is 8.43. The fourth-order valence-electron chi connectivity index (χ4n) is 7.06. The smallest absolute Gasteiger partial charge is 0.411 e. The molecule has 0 saturated carbocycles. The van der Waals surface area contributed by atoms with Crippen molar-refractivity contribution in [3.05, 3.63) is 61.1 Å². The maximum atomic E-state index is 12.5. The highest BCUT2D eigenvalue weighted by Gasteiger charge is 2.44. The van der Waals surface area contributed by atoms with E-state index in [1.54, 1.807) is 72.3 Å². The molecule has 0 radical (unpaired) electrons. The van der Waals surface area contributed by atoms with Crippen LogP contribution < -0.4 is 18.9 Å². The number of pyridine rings is 2. The van der Waals surface area contributed by atoms with Crippen LogP contribution in [0.2, 0.25) is 0 Å². The van der Waals surface area contributed by atoms with Crippen molar-refractivity contribution in [1.82, 2.24) is 19.8 Å². The monoisotopic (exact) mass is 800 g/mol. The molecule has 8 rings (SSSR count). The topological polar surface area (TPSA) is 210 Å². The van der Waals surface area contributed by atoms with Crippen LogP contribution in [0.25, 0.3) is 32.5 Å². The lowest BCUT2D eigenvalue weighted by Crippen LogP contribution is -2.43. The summed E-state index contributed by atoms with van der Waals surface area (Å²) < 4.78 is 39.1. The number of benzene rings is 2. The molecule has 4 atom stereocenters. The van der Waals surface area contributed by atoms with Crippen molar-refractivity contribution in [2.24, 2.45) is 0 Å². The van der Waals surface area contributed by atoms with Gasteiger partial charge in [-0.1, -0.05) is 0 Å². The SMILES string of the molecule is CC(C)(C)OC(=O)N1C[C@H](Oc2nccc3c2ccc2occc23)C[C@H]1C(=O)O.CC(C)(C)OC(=O)N1C[C@H](Oc2nccc3c4c(ccc23)OCO4)C[C@H]1C(=O)O. The van der Waals surface area contributed by atoms with Crippen molar-refractivity contribution in [3.63, 3.8) is 0 Å². The number of aromatic nitrogens is 2. The normalized spacial score (nSPS) is 20.2. The summed E-state index contributed by atoms with van der Waals surface area (Å²) in [5.74, 6) is -0.173. The molecule has 0 bridgehead atoms. The summed E-state index contributed by atoms with van der Waals surface area (Å²) in [7, 11) is 0. The van der Waals surface area contributed by atoms with E-state index in [1.807, 2.05) is 30.3 Å². The highest BCUT2D eigenvalue weighted by atomic mass is 16.7. The van der Waals surface area contributed by atoms with Gasteiger partial charge in [0.2, 0.25) is 18.6 Å². The van der Waals surface area contributed by atoms with Crippen molar-refractivity contribution >= 4 is 56.6 Å². The summed E-state index contributed by atoms with van der Waals surface area (Å²) in [6, 6.07) is 10.8. The van der Waals surface area contributed by atoms with E-state index in [0.29, 0.717) is 23.3 Å². The zero-order valence-electron chi connectivity index (χ0n) is 32.8. The summed E-state index contributed by atoms with van der Waals surface area (Å²) in [6.07, 6.45) is 2.76. The summed E-state index contributed by atoms with van der Waals surface area (Å²) in [4.78, 5) is 59.3. The molecule has 2 amide bonds. The first kappa shape index (κ1) is 39.7. The van der Waals surface area contributed by atoms with Gasteiger partial charge in [-0.3, -0.25) is 9.80 Å². The summed E-state index contributed by atoms with van der Waals surface area (Å²) in [5, 5.41) is 23.3. The molecule has 2 N–H and O–H groups in total. The van der Waals surface area contributed by atoms with E-state index < -0.39 is 59.6 Å². The van der Waals surface area contributed by atoms with Gasteiger partial charge in [-0.25, -0.2) is 29.1 Å². The van der Waals surface area contributed by atoms with Crippen molar-refractivity contribution < 1.29 is 62.2 Å². The Kier molecular flexibility index (Phi) is 10.6. The second kappa shape index (κ2) is 15.4. The average molecular weight is 801 g/mol. The van der Waals surface area contributed by atoms with Gasteiger partial charge in [0.05, 0.1) is 19.4 Å². The minimum atomic E-state index is -1.10. The predicted octanol–water partition coefficient (Wildman–Crippen LogP) is 6.63. The first-order valence-electron chi connectivity index (χ1n) is 18.7. The number of carbonyl (C=O) groups excluding carboxylic acids is 2.